The van der Waals surface area contributed by atoms with Crippen LogP contribution >= 0.6 is 0 Å². The van der Waals surface area contributed by atoms with E-state index in [0.29, 0.717) is 18.6 Å². The summed E-state index contributed by atoms with van der Waals surface area (Å²) in [5.74, 6) is -0.101. The van der Waals surface area contributed by atoms with Gasteiger partial charge < -0.3 is 10.3 Å². The number of carbonyl (C=O) groups is 1. The number of Topliss-reactive ketones (excluding diaryl/α,β-unsaturated/α-hetero) is 1. The average molecular weight is 339 g/mol. The van der Waals surface area contributed by atoms with Gasteiger partial charge in [0.15, 0.2) is 5.78 Å². The van der Waals surface area contributed by atoms with Crippen molar-refractivity contribution in [3.8, 4) is 11.1 Å². The molecule has 2 N–H and O–H groups in total. The van der Waals surface area contributed by atoms with Crippen LogP contribution in [0, 0.1) is 0 Å². The van der Waals surface area contributed by atoms with Crippen LogP contribution in [-0.2, 0) is 4.79 Å². The highest BCUT2D eigenvalue weighted by Crippen LogP contribution is 2.20. The van der Waals surface area contributed by atoms with Gasteiger partial charge in [0.1, 0.15) is 6.61 Å². The van der Waals surface area contributed by atoms with Gasteiger partial charge in [0.2, 0.25) is 0 Å². The van der Waals surface area contributed by atoms with Crippen molar-refractivity contribution in [3.05, 3.63) is 60.2 Å². The number of carbonyl (C=O) groups excluding carboxylic acids is 1. The van der Waals surface area contributed by atoms with Crippen LogP contribution in [0.2, 0.25) is 0 Å². The van der Waals surface area contributed by atoms with Crippen molar-refractivity contribution in [1.82, 2.24) is 0 Å². The van der Waals surface area contributed by atoms with E-state index in [1.807, 2.05) is 42.5 Å². The van der Waals surface area contributed by atoms with Gasteiger partial charge in [0, 0.05) is 6.42 Å². The number of unbranched alkanes of at least 4 members (excludes halogenated alkanes) is 3. The van der Waals surface area contributed by atoms with Gasteiger partial charge in [-0.05, 0) is 36.0 Å². The summed E-state index contributed by atoms with van der Waals surface area (Å²) in [5.41, 5.74) is 3.91. The summed E-state index contributed by atoms with van der Waals surface area (Å²) in [6, 6.07) is 18.2. The number of benzene rings is 2. The van der Waals surface area contributed by atoms with Gasteiger partial charge >= 0.3 is 0 Å². The number of aliphatic hydroxyl groups is 1. The number of aliphatic hydroxyl groups excluding tert-OH is 1. The Labute approximate surface area is 148 Å². The fraction of sp³-hybridized carbons (Fsp3) is 0.333. The maximum Gasteiger partial charge on any atom is 0.158 e. The van der Waals surface area contributed by atoms with Gasteiger partial charge in [0.25, 0.3) is 0 Å². The van der Waals surface area contributed by atoms with E-state index in [-0.39, 0.29) is 12.4 Å². The number of rotatable bonds is 10. The lowest BCUT2D eigenvalue weighted by Crippen LogP contribution is -2.03. The molecule has 0 spiro atoms. The SMILES string of the molecule is O=C(CO)CCCCCC/C(=N\O)c1ccc(-c2ccccc2)cc1. The molecule has 0 bridgehead atoms. The Morgan fingerprint density at radius 2 is 1.40 bits per heavy atom. The lowest BCUT2D eigenvalue weighted by Gasteiger charge is -2.07. The third-order valence-electron chi connectivity index (χ3n) is 4.24. The number of hydrogen-bond acceptors (Lipinski definition) is 4. The smallest absolute Gasteiger partial charge is 0.158 e. The largest absolute Gasteiger partial charge is 0.411 e. The van der Waals surface area contributed by atoms with Crippen molar-refractivity contribution in [2.24, 2.45) is 5.16 Å². The van der Waals surface area contributed by atoms with Crippen molar-refractivity contribution >= 4 is 11.5 Å². The van der Waals surface area contributed by atoms with E-state index in [2.05, 4.69) is 17.3 Å². The first-order valence-electron chi connectivity index (χ1n) is 8.74. The molecule has 0 amide bonds. The summed E-state index contributed by atoms with van der Waals surface area (Å²) in [6.45, 7) is -0.361. The van der Waals surface area contributed by atoms with E-state index >= 15 is 0 Å². The van der Waals surface area contributed by atoms with E-state index in [1.165, 1.54) is 0 Å². The second-order valence-electron chi connectivity index (χ2n) is 6.10. The first-order valence-corrected chi connectivity index (χ1v) is 8.74. The summed E-state index contributed by atoms with van der Waals surface area (Å²) in [6.07, 6.45) is 4.77. The minimum absolute atomic E-state index is 0.101. The number of oxime groups is 1. The monoisotopic (exact) mass is 339 g/mol. The molecule has 0 atom stereocenters. The molecule has 4 nitrogen and oxygen atoms in total. The molecule has 0 radical (unpaired) electrons. The Morgan fingerprint density at radius 1 is 0.800 bits per heavy atom. The van der Waals surface area contributed by atoms with Crippen molar-refractivity contribution in [3.63, 3.8) is 0 Å². The summed E-state index contributed by atoms with van der Waals surface area (Å²) >= 11 is 0. The molecule has 0 unspecified atom stereocenters. The van der Waals surface area contributed by atoms with Gasteiger partial charge in [-0.2, -0.15) is 0 Å². The predicted octanol–water partition coefficient (Wildman–Crippen LogP) is 4.43. The van der Waals surface area contributed by atoms with Gasteiger partial charge in [-0.1, -0.05) is 72.6 Å². The highest BCUT2D eigenvalue weighted by atomic mass is 16.4. The van der Waals surface area contributed by atoms with Crippen LogP contribution < -0.4 is 0 Å². The summed E-state index contributed by atoms with van der Waals surface area (Å²) in [4.78, 5) is 11.0. The summed E-state index contributed by atoms with van der Waals surface area (Å²) < 4.78 is 0. The minimum atomic E-state index is -0.361. The van der Waals surface area contributed by atoms with E-state index in [9.17, 15) is 10.0 Å². The molecule has 4 heteroatoms. The minimum Gasteiger partial charge on any atom is -0.411 e. The van der Waals surface area contributed by atoms with E-state index in [1.54, 1.807) is 0 Å². The second kappa shape index (κ2) is 10.4. The van der Waals surface area contributed by atoms with Crippen molar-refractivity contribution in [2.75, 3.05) is 6.61 Å². The lowest BCUT2D eigenvalue weighted by molar-refractivity contribution is -0.121. The molecule has 0 aliphatic heterocycles. The van der Waals surface area contributed by atoms with Gasteiger partial charge in [-0.3, -0.25) is 4.79 Å². The van der Waals surface area contributed by atoms with Crippen molar-refractivity contribution < 1.29 is 15.1 Å². The Bertz CT molecular complexity index is 678. The highest BCUT2D eigenvalue weighted by Gasteiger charge is 2.06. The van der Waals surface area contributed by atoms with Crippen LogP contribution in [0.4, 0.5) is 0 Å². The molecule has 0 saturated carbocycles. The standard InChI is InChI=1S/C21H25NO3/c23-16-20(24)10-6-1-2-7-11-21(22-25)19-14-12-18(13-15-19)17-8-4-3-5-9-17/h3-5,8-9,12-15,23,25H,1-2,6-7,10-11,16H2/b22-21+. The first-order chi connectivity index (χ1) is 12.2. The molecule has 0 saturated heterocycles. The van der Waals surface area contributed by atoms with Crippen LogP contribution in [-0.4, -0.2) is 28.4 Å². The highest BCUT2D eigenvalue weighted by molar-refractivity contribution is 6.00. The maximum atomic E-state index is 11.0. The fourth-order valence-corrected chi connectivity index (χ4v) is 2.78. The molecule has 2 rings (SSSR count). The molecule has 132 valence electrons. The van der Waals surface area contributed by atoms with Gasteiger partial charge in [-0.15, -0.1) is 0 Å². The Kier molecular flexibility index (Phi) is 7.86. The summed E-state index contributed by atoms with van der Waals surface area (Å²) in [7, 11) is 0. The van der Waals surface area contributed by atoms with E-state index in [4.69, 9.17) is 5.11 Å². The normalized spacial score (nSPS) is 11.5. The van der Waals surface area contributed by atoms with E-state index < -0.39 is 0 Å². The molecular weight excluding hydrogens is 314 g/mol. The quantitative estimate of drug-likeness (QED) is 0.291. The third kappa shape index (κ3) is 6.16. The number of ketones is 1. The van der Waals surface area contributed by atoms with Crippen LogP contribution in [0.3, 0.4) is 0 Å². The van der Waals surface area contributed by atoms with Crippen molar-refractivity contribution in [1.29, 1.82) is 0 Å². The van der Waals surface area contributed by atoms with Crippen LogP contribution in [0.5, 0.6) is 0 Å². The molecule has 0 aromatic heterocycles. The molecule has 25 heavy (non-hydrogen) atoms. The molecular formula is C21H25NO3. The fourth-order valence-electron chi connectivity index (χ4n) is 2.78. The Morgan fingerprint density at radius 3 is 2.00 bits per heavy atom. The first kappa shape index (κ1) is 18.9. The van der Waals surface area contributed by atoms with Gasteiger partial charge in [-0.25, -0.2) is 0 Å². The number of nitrogens with zero attached hydrogens (tertiary/aromatic N) is 1. The Balaban J connectivity index is 1.81. The average Bonchev–Trinajstić information content (AvgIpc) is 2.68. The van der Waals surface area contributed by atoms with Crippen LogP contribution in [0.15, 0.2) is 59.8 Å². The molecule has 0 aliphatic carbocycles. The second-order valence-corrected chi connectivity index (χ2v) is 6.10. The molecule has 2 aromatic rings. The van der Waals surface area contributed by atoms with Gasteiger partial charge in [0.05, 0.1) is 5.71 Å². The molecule has 0 aliphatic rings. The molecule has 0 fully saturated rings. The van der Waals surface area contributed by atoms with E-state index in [0.717, 1.165) is 42.4 Å². The van der Waals surface area contributed by atoms with Crippen LogP contribution in [0.1, 0.15) is 44.1 Å². The lowest BCUT2D eigenvalue weighted by atomic mass is 9.99. The molecule has 0 heterocycles. The summed E-state index contributed by atoms with van der Waals surface area (Å²) in [5, 5.41) is 21.4. The Hall–Kier alpha value is -2.46. The van der Waals surface area contributed by atoms with Crippen LogP contribution in [0.25, 0.3) is 11.1 Å². The maximum absolute atomic E-state index is 11.0. The third-order valence-corrected chi connectivity index (χ3v) is 4.24. The predicted molar refractivity (Wildman–Crippen MR) is 100.0 cm³/mol. The zero-order chi connectivity index (χ0) is 17.9. The zero-order valence-corrected chi connectivity index (χ0v) is 14.4. The topological polar surface area (TPSA) is 69.9 Å². The number of hydrogen-bond donors (Lipinski definition) is 2. The van der Waals surface area contributed by atoms with Crippen molar-refractivity contribution in [2.45, 2.75) is 38.5 Å². The zero-order valence-electron chi connectivity index (χ0n) is 14.4. The molecule has 2 aromatic carbocycles.